The number of likely N-dealkylation sites (tertiary alicyclic amines) is 1. The third-order valence-corrected chi connectivity index (χ3v) is 4.21. The molecule has 8 heteroatoms. The van der Waals surface area contributed by atoms with E-state index < -0.39 is 30.0 Å². The minimum absolute atomic E-state index is 0.100. The van der Waals surface area contributed by atoms with E-state index in [4.69, 9.17) is 17.3 Å². The zero-order valence-electron chi connectivity index (χ0n) is 13.2. The number of hydrogen-bond donors (Lipinski definition) is 3. The lowest BCUT2D eigenvalue weighted by molar-refractivity contribution is -0.138. The van der Waals surface area contributed by atoms with Gasteiger partial charge in [-0.25, -0.2) is 0 Å². The topological polar surface area (TPSA) is 113 Å². The highest BCUT2D eigenvalue weighted by atomic mass is 35.5. The van der Waals surface area contributed by atoms with Crippen LogP contribution in [0.4, 0.5) is 0 Å². The second-order valence-electron chi connectivity index (χ2n) is 5.87. The zero-order chi connectivity index (χ0) is 17.9. The third kappa shape index (κ3) is 4.46. The molecule has 1 heterocycles. The molecule has 0 aliphatic carbocycles. The van der Waals surface area contributed by atoms with Crippen LogP contribution in [0.5, 0.6) is 0 Å². The first-order valence-electron chi connectivity index (χ1n) is 7.57. The zero-order valence-corrected chi connectivity index (χ0v) is 14.0. The highest BCUT2D eigenvalue weighted by molar-refractivity contribution is 6.30. The minimum Gasteiger partial charge on any atom is -0.391 e. The van der Waals surface area contributed by atoms with Crippen molar-refractivity contribution in [3.05, 3.63) is 34.9 Å². The van der Waals surface area contributed by atoms with E-state index in [1.807, 2.05) is 0 Å². The standard InChI is InChI=1S/C16H20ClN3O4/c1-9(21)20-8-12(22)7-14(20)16(24)19-13(15(18)23)6-10-3-2-4-11(17)5-10/h2-5,12-14,22H,6-8H2,1H3,(H2,18,23)(H,19,24)/t12-,13+,14+/m1/s1. The molecule has 24 heavy (non-hydrogen) atoms. The van der Waals surface area contributed by atoms with Gasteiger partial charge in [-0.05, 0) is 17.7 Å². The molecule has 3 atom stereocenters. The van der Waals surface area contributed by atoms with Crippen molar-refractivity contribution in [3.8, 4) is 0 Å². The fourth-order valence-corrected chi connectivity index (χ4v) is 3.01. The molecule has 1 aromatic carbocycles. The van der Waals surface area contributed by atoms with Crippen LogP contribution in [-0.4, -0.2) is 52.5 Å². The first kappa shape index (κ1) is 18.2. The number of primary amides is 1. The van der Waals surface area contributed by atoms with Gasteiger partial charge in [0.05, 0.1) is 6.10 Å². The molecule has 0 saturated carbocycles. The van der Waals surface area contributed by atoms with Gasteiger partial charge in [0, 0.05) is 31.3 Å². The SMILES string of the molecule is CC(=O)N1C[C@H](O)C[C@H]1C(=O)N[C@@H](Cc1cccc(Cl)c1)C(N)=O. The number of benzene rings is 1. The number of rotatable bonds is 5. The van der Waals surface area contributed by atoms with E-state index in [0.717, 1.165) is 5.56 Å². The number of nitrogens with zero attached hydrogens (tertiary/aromatic N) is 1. The molecule has 2 rings (SSSR count). The predicted molar refractivity (Wildman–Crippen MR) is 88.1 cm³/mol. The average molecular weight is 354 g/mol. The van der Waals surface area contributed by atoms with E-state index in [1.165, 1.54) is 11.8 Å². The summed E-state index contributed by atoms with van der Waals surface area (Å²) in [6.45, 7) is 1.43. The predicted octanol–water partition coefficient (Wildman–Crippen LogP) is -0.166. The van der Waals surface area contributed by atoms with Gasteiger partial charge in [0.15, 0.2) is 0 Å². The van der Waals surface area contributed by atoms with Gasteiger partial charge in [0.1, 0.15) is 12.1 Å². The second kappa shape index (κ2) is 7.63. The van der Waals surface area contributed by atoms with Gasteiger partial charge in [-0.15, -0.1) is 0 Å². The summed E-state index contributed by atoms with van der Waals surface area (Å²) in [5, 5.41) is 12.8. The quantitative estimate of drug-likeness (QED) is 0.682. The van der Waals surface area contributed by atoms with Crippen LogP contribution in [0.3, 0.4) is 0 Å². The van der Waals surface area contributed by atoms with Gasteiger partial charge in [0.2, 0.25) is 17.7 Å². The third-order valence-electron chi connectivity index (χ3n) is 3.97. The molecule has 1 aromatic rings. The minimum atomic E-state index is -0.928. The van der Waals surface area contributed by atoms with Crippen LogP contribution in [-0.2, 0) is 20.8 Å². The summed E-state index contributed by atoms with van der Waals surface area (Å²) < 4.78 is 0. The molecule has 1 fully saturated rings. The van der Waals surface area contributed by atoms with Gasteiger partial charge in [-0.2, -0.15) is 0 Å². The second-order valence-corrected chi connectivity index (χ2v) is 6.31. The van der Waals surface area contributed by atoms with Crippen molar-refractivity contribution in [2.45, 2.75) is 38.0 Å². The van der Waals surface area contributed by atoms with Crippen LogP contribution in [0.2, 0.25) is 5.02 Å². The lowest BCUT2D eigenvalue weighted by atomic mass is 10.0. The van der Waals surface area contributed by atoms with E-state index >= 15 is 0 Å². The molecule has 1 aliphatic heterocycles. The molecule has 130 valence electrons. The summed E-state index contributed by atoms with van der Waals surface area (Å²) in [7, 11) is 0. The summed E-state index contributed by atoms with van der Waals surface area (Å²) in [5.41, 5.74) is 6.13. The molecule has 0 unspecified atom stereocenters. The first-order chi connectivity index (χ1) is 11.3. The number of nitrogens with one attached hydrogen (secondary N) is 1. The van der Waals surface area contributed by atoms with E-state index in [-0.39, 0.29) is 25.3 Å². The Bertz CT molecular complexity index is 652. The Hall–Kier alpha value is -2.12. The maximum absolute atomic E-state index is 12.4. The molecular weight excluding hydrogens is 334 g/mol. The Morgan fingerprint density at radius 2 is 2.17 bits per heavy atom. The molecule has 3 amide bonds. The normalized spacial score (nSPS) is 21.4. The van der Waals surface area contributed by atoms with Crippen LogP contribution in [0, 0.1) is 0 Å². The van der Waals surface area contributed by atoms with Gasteiger partial charge >= 0.3 is 0 Å². The fourth-order valence-electron chi connectivity index (χ4n) is 2.80. The van der Waals surface area contributed by atoms with Gasteiger partial charge in [-0.1, -0.05) is 23.7 Å². The highest BCUT2D eigenvalue weighted by Gasteiger charge is 2.38. The number of carbonyl (C=O) groups is 3. The summed E-state index contributed by atoms with van der Waals surface area (Å²) >= 11 is 5.91. The van der Waals surface area contributed by atoms with Crippen LogP contribution < -0.4 is 11.1 Å². The van der Waals surface area contributed by atoms with E-state index in [1.54, 1.807) is 24.3 Å². The number of hydrogen-bond acceptors (Lipinski definition) is 4. The average Bonchev–Trinajstić information content (AvgIpc) is 2.89. The van der Waals surface area contributed by atoms with Gasteiger partial charge < -0.3 is 21.1 Å². The summed E-state index contributed by atoms with van der Waals surface area (Å²) in [6, 6.07) is 5.16. The van der Waals surface area contributed by atoms with Crippen molar-refractivity contribution >= 4 is 29.3 Å². The fraction of sp³-hybridized carbons (Fsp3) is 0.438. The number of amides is 3. The molecular formula is C16H20ClN3O4. The number of nitrogens with two attached hydrogens (primary N) is 1. The lowest BCUT2D eigenvalue weighted by Crippen LogP contribution is -2.52. The van der Waals surface area contributed by atoms with Crippen molar-refractivity contribution in [2.75, 3.05) is 6.54 Å². The Balaban J connectivity index is 2.08. The van der Waals surface area contributed by atoms with Crippen LogP contribution in [0.25, 0.3) is 0 Å². The van der Waals surface area contributed by atoms with Crippen LogP contribution in [0.15, 0.2) is 24.3 Å². The summed E-state index contributed by atoms with van der Waals surface area (Å²) in [6.07, 6.45) is -0.435. The van der Waals surface area contributed by atoms with E-state index in [2.05, 4.69) is 5.32 Å². The van der Waals surface area contributed by atoms with Crippen molar-refractivity contribution < 1.29 is 19.5 Å². The molecule has 0 aromatic heterocycles. The number of aliphatic hydroxyl groups is 1. The largest absolute Gasteiger partial charge is 0.391 e. The molecule has 0 radical (unpaired) electrons. The maximum Gasteiger partial charge on any atom is 0.243 e. The Morgan fingerprint density at radius 3 is 2.75 bits per heavy atom. The maximum atomic E-state index is 12.4. The molecule has 7 nitrogen and oxygen atoms in total. The Kier molecular flexibility index (Phi) is 5.80. The van der Waals surface area contributed by atoms with Crippen LogP contribution >= 0.6 is 11.6 Å². The molecule has 0 bridgehead atoms. The van der Waals surface area contributed by atoms with Crippen LogP contribution in [0.1, 0.15) is 18.9 Å². The van der Waals surface area contributed by atoms with Crippen molar-refractivity contribution in [1.29, 1.82) is 0 Å². The molecule has 1 aliphatic rings. The Labute approximate surface area is 144 Å². The van der Waals surface area contributed by atoms with Crippen molar-refractivity contribution in [3.63, 3.8) is 0 Å². The summed E-state index contributed by atoms with van der Waals surface area (Å²) in [5.74, 6) is -1.50. The van der Waals surface area contributed by atoms with Gasteiger partial charge in [-0.3, -0.25) is 14.4 Å². The molecule has 1 saturated heterocycles. The van der Waals surface area contributed by atoms with E-state index in [9.17, 15) is 19.5 Å². The Morgan fingerprint density at radius 1 is 1.46 bits per heavy atom. The monoisotopic (exact) mass is 353 g/mol. The number of halogens is 1. The molecule has 0 spiro atoms. The number of aliphatic hydroxyl groups excluding tert-OH is 1. The highest BCUT2D eigenvalue weighted by Crippen LogP contribution is 2.19. The smallest absolute Gasteiger partial charge is 0.243 e. The first-order valence-corrected chi connectivity index (χ1v) is 7.95. The van der Waals surface area contributed by atoms with Crippen molar-refractivity contribution in [2.24, 2.45) is 5.73 Å². The van der Waals surface area contributed by atoms with E-state index in [0.29, 0.717) is 5.02 Å². The number of carbonyl (C=O) groups excluding carboxylic acids is 3. The lowest BCUT2D eigenvalue weighted by Gasteiger charge is -2.24. The van der Waals surface area contributed by atoms with Crippen molar-refractivity contribution in [1.82, 2.24) is 10.2 Å². The summed E-state index contributed by atoms with van der Waals surface area (Å²) in [4.78, 5) is 37.0. The molecule has 4 N–H and O–H groups in total. The van der Waals surface area contributed by atoms with Gasteiger partial charge in [0.25, 0.3) is 0 Å². The number of β-amino-alcohol motifs (C(OH)–C–C–N with tert-alkyl or cyclic N) is 1.